The molecular weight excluding hydrogens is 397 g/mol. The summed E-state index contributed by atoms with van der Waals surface area (Å²) in [5.41, 5.74) is 4.62. The fraction of sp³-hybridized carbons (Fsp3) is 0.316. The molecule has 0 radical (unpaired) electrons. The number of alkyl halides is 3. The van der Waals surface area contributed by atoms with E-state index >= 15 is 0 Å². The van der Waals surface area contributed by atoms with Gasteiger partial charge in [-0.3, -0.25) is 0 Å². The van der Waals surface area contributed by atoms with Gasteiger partial charge < -0.3 is 25.3 Å². The van der Waals surface area contributed by atoms with Crippen LogP contribution in [0.4, 0.5) is 23.7 Å². The van der Waals surface area contributed by atoms with Gasteiger partial charge in [0, 0.05) is 37.2 Å². The van der Waals surface area contributed by atoms with Crippen LogP contribution in [0.1, 0.15) is 18.4 Å². The van der Waals surface area contributed by atoms with Crippen LogP contribution in [0.15, 0.2) is 36.4 Å². The highest BCUT2D eigenvalue weighted by atomic mass is 35.5. The van der Waals surface area contributed by atoms with Crippen molar-refractivity contribution in [1.29, 1.82) is 0 Å². The molecule has 28 heavy (non-hydrogen) atoms. The highest BCUT2D eigenvalue weighted by Gasteiger charge is 2.35. The molecule has 0 unspecified atom stereocenters. The molecule has 0 aromatic heterocycles. The Bertz CT molecular complexity index is 881. The number of benzene rings is 2. The third-order valence-electron chi connectivity index (χ3n) is 4.54. The predicted octanol–water partition coefficient (Wildman–Crippen LogP) is 3.79. The first-order chi connectivity index (χ1) is 13.1. The molecule has 2 aromatic carbocycles. The Hall–Kier alpha value is -2.61. The fourth-order valence-electron chi connectivity index (χ4n) is 3.22. The van der Waals surface area contributed by atoms with E-state index < -0.39 is 17.8 Å². The maximum Gasteiger partial charge on any atom is 0.417 e. The summed E-state index contributed by atoms with van der Waals surface area (Å²) in [6.45, 7) is 0.573. The third-order valence-corrected chi connectivity index (χ3v) is 4.84. The topological polar surface area (TPSA) is 78.6 Å². The summed E-state index contributed by atoms with van der Waals surface area (Å²) in [6, 6.07) is 8.33. The molecule has 0 spiro atoms. The largest absolute Gasteiger partial charge is 0.530 e. The van der Waals surface area contributed by atoms with Crippen LogP contribution >= 0.6 is 11.6 Å². The number of carboxylic acid groups (broad SMARTS) is 1. The van der Waals surface area contributed by atoms with Crippen molar-refractivity contribution in [3.63, 3.8) is 0 Å². The van der Waals surface area contributed by atoms with Crippen molar-refractivity contribution in [2.45, 2.75) is 25.1 Å². The maximum absolute atomic E-state index is 13.5. The van der Waals surface area contributed by atoms with Crippen LogP contribution < -0.4 is 15.6 Å². The number of amides is 1. The van der Waals surface area contributed by atoms with Gasteiger partial charge in [0.15, 0.2) is 0 Å². The minimum atomic E-state index is -4.62. The number of piperidine rings is 1. The summed E-state index contributed by atoms with van der Waals surface area (Å²) in [7, 11) is 0. The van der Waals surface area contributed by atoms with Gasteiger partial charge in [-0.25, -0.2) is 0 Å². The molecule has 0 atom stereocenters. The van der Waals surface area contributed by atoms with Crippen molar-refractivity contribution in [2.24, 2.45) is 0 Å². The Morgan fingerprint density at radius 3 is 2.50 bits per heavy atom. The minimum absolute atomic E-state index is 0.0758. The van der Waals surface area contributed by atoms with Gasteiger partial charge in [0.25, 0.3) is 0 Å². The summed E-state index contributed by atoms with van der Waals surface area (Å²) in [6.07, 6.45) is -5.15. The number of nitrogen functional groups attached to an aromatic ring is 1. The van der Waals surface area contributed by atoms with Gasteiger partial charge in [0.2, 0.25) is 0 Å². The molecule has 3 rings (SSSR count). The number of hydrogen-bond acceptors (Lipinski definition) is 4. The molecule has 150 valence electrons. The molecule has 1 saturated heterocycles. The molecule has 0 aliphatic carbocycles. The Morgan fingerprint density at radius 1 is 1.21 bits per heavy atom. The molecule has 1 fully saturated rings. The molecule has 2 N–H and O–H groups in total. The molecule has 1 aliphatic heterocycles. The molecule has 2 aromatic rings. The summed E-state index contributed by atoms with van der Waals surface area (Å²) in [5, 5.41) is 10.7. The highest BCUT2D eigenvalue weighted by molar-refractivity contribution is 6.33. The average Bonchev–Trinajstić information content (AvgIpc) is 2.61. The first kappa shape index (κ1) is 20.1. The number of rotatable bonds is 3. The van der Waals surface area contributed by atoms with Gasteiger partial charge in [-0.05, 0) is 29.8 Å². The number of carbonyl (C=O) groups is 1. The van der Waals surface area contributed by atoms with Crippen LogP contribution in [0, 0.1) is 0 Å². The second-order valence-electron chi connectivity index (χ2n) is 6.52. The second-order valence-corrected chi connectivity index (χ2v) is 6.93. The molecule has 9 heteroatoms. The average molecular weight is 414 g/mol. The summed E-state index contributed by atoms with van der Waals surface area (Å²) in [4.78, 5) is 12.0. The van der Waals surface area contributed by atoms with Crippen molar-refractivity contribution in [2.75, 3.05) is 18.8 Å². The van der Waals surface area contributed by atoms with Crippen molar-refractivity contribution in [1.82, 2.24) is 4.90 Å². The third kappa shape index (κ3) is 4.44. The van der Waals surface area contributed by atoms with Crippen LogP contribution in [0.5, 0.6) is 5.75 Å². The number of halogens is 4. The first-order valence-electron chi connectivity index (χ1n) is 8.54. The van der Waals surface area contributed by atoms with Crippen LogP contribution in [0.3, 0.4) is 0 Å². The molecule has 5 nitrogen and oxygen atoms in total. The zero-order valence-corrected chi connectivity index (χ0v) is 15.4. The van der Waals surface area contributed by atoms with Crippen molar-refractivity contribution in [3.8, 4) is 16.9 Å². The zero-order valence-electron chi connectivity index (χ0n) is 14.6. The van der Waals surface area contributed by atoms with Crippen LogP contribution in [-0.4, -0.2) is 30.2 Å². The van der Waals surface area contributed by atoms with E-state index in [4.69, 9.17) is 22.1 Å². The van der Waals surface area contributed by atoms with E-state index in [1.807, 2.05) is 0 Å². The Balaban J connectivity index is 1.86. The van der Waals surface area contributed by atoms with Crippen molar-refractivity contribution >= 4 is 23.4 Å². The standard InChI is InChI=1S/C19H18ClF3N2O3/c20-16-10-12(24)9-15(19(21,22)23)17(16)11-2-1-3-14(8-11)28-13-4-6-25(7-5-13)18(26)27/h1-3,8-10,13H,4-7,24H2,(H,26,27)/p-1. The Kier molecular flexibility index (Phi) is 5.60. The van der Waals surface area contributed by atoms with Crippen LogP contribution in [0.25, 0.3) is 11.1 Å². The summed E-state index contributed by atoms with van der Waals surface area (Å²) < 4.78 is 46.2. The van der Waals surface area contributed by atoms with Crippen LogP contribution in [0.2, 0.25) is 5.02 Å². The van der Waals surface area contributed by atoms with Gasteiger partial charge >= 0.3 is 6.18 Å². The van der Waals surface area contributed by atoms with Gasteiger partial charge in [-0.2, -0.15) is 13.2 Å². The second kappa shape index (κ2) is 7.79. The van der Waals surface area contributed by atoms with Gasteiger partial charge in [0.1, 0.15) is 17.9 Å². The predicted molar refractivity (Wildman–Crippen MR) is 96.9 cm³/mol. The van der Waals surface area contributed by atoms with Crippen molar-refractivity contribution < 1.29 is 27.8 Å². The fourth-order valence-corrected chi connectivity index (χ4v) is 3.56. The van der Waals surface area contributed by atoms with E-state index in [1.165, 1.54) is 23.1 Å². The zero-order chi connectivity index (χ0) is 20.5. The lowest BCUT2D eigenvalue weighted by Crippen LogP contribution is -2.47. The smallest absolute Gasteiger partial charge is 0.417 e. The van der Waals surface area contributed by atoms with E-state index in [2.05, 4.69) is 0 Å². The van der Waals surface area contributed by atoms with Crippen molar-refractivity contribution in [3.05, 3.63) is 47.0 Å². The summed E-state index contributed by atoms with van der Waals surface area (Å²) in [5.74, 6) is 0.380. The Morgan fingerprint density at radius 2 is 1.89 bits per heavy atom. The lowest BCUT2D eigenvalue weighted by atomic mass is 9.98. The minimum Gasteiger partial charge on any atom is -0.530 e. The van der Waals surface area contributed by atoms with Gasteiger partial charge in [0.05, 0.1) is 10.6 Å². The normalized spacial score (nSPS) is 15.5. The molecule has 1 amide bonds. The number of nitrogens with two attached hydrogens (primary N) is 1. The lowest BCUT2D eigenvalue weighted by molar-refractivity contribution is -0.266. The number of likely N-dealkylation sites (tertiary alicyclic amines) is 1. The number of hydrogen-bond donors (Lipinski definition) is 1. The monoisotopic (exact) mass is 413 g/mol. The van der Waals surface area contributed by atoms with E-state index in [1.54, 1.807) is 12.1 Å². The summed E-state index contributed by atoms with van der Waals surface area (Å²) >= 11 is 6.08. The molecule has 0 bridgehead atoms. The molecule has 1 heterocycles. The van der Waals surface area contributed by atoms with Gasteiger partial charge in [-0.1, -0.05) is 23.7 Å². The SMILES string of the molecule is Nc1cc(Cl)c(-c2cccc(OC3CCN(C(=O)[O-])CC3)c2)c(C(F)(F)F)c1. The number of nitrogens with zero attached hydrogens (tertiary/aromatic N) is 1. The Labute approximate surface area is 164 Å². The first-order valence-corrected chi connectivity index (χ1v) is 8.92. The quantitative estimate of drug-likeness (QED) is 0.776. The maximum atomic E-state index is 13.5. The molecule has 1 aliphatic rings. The van der Waals surface area contributed by atoms with Crippen LogP contribution in [-0.2, 0) is 6.18 Å². The van der Waals surface area contributed by atoms with Gasteiger partial charge in [-0.15, -0.1) is 0 Å². The molecule has 0 saturated carbocycles. The van der Waals surface area contributed by atoms with E-state index in [0.29, 0.717) is 18.6 Å². The van der Waals surface area contributed by atoms with E-state index in [0.717, 1.165) is 6.07 Å². The van der Waals surface area contributed by atoms with E-state index in [-0.39, 0.29) is 41.0 Å². The number of carbonyl (C=O) groups excluding carboxylic acids is 1. The lowest BCUT2D eigenvalue weighted by Gasteiger charge is -2.33. The highest BCUT2D eigenvalue weighted by Crippen LogP contribution is 2.43. The number of anilines is 1. The molecular formula is C19H17ClF3N2O3-. The number of ether oxygens (including phenoxy) is 1. The van der Waals surface area contributed by atoms with E-state index in [9.17, 15) is 23.1 Å².